The highest BCUT2D eigenvalue weighted by Crippen LogP contribution is 2.35. The van der Waals surface area contributed by atoms with Crippen LogP contribution in [0.25, 0.3) is 17.2 Å². The Labute approximate surface area is 259 Å². The third-order valence-corrected chi connectivity index (χ3v) is 9.47. The van der Waals surface area contributed by atoms with Gasteiger partial charge in [0.2, 0.25) is 11.8 Å². The first kappa shape index (κ1) is 32.1. The molecule has 0 radical (unpaired) electrons. The molecule has 1 aliphatic rings. The van der Waals surface area contributed by atoms with Gasteiger partial charge in [0.1, 0.15) is 5.54 Å². The first-order valence-corrected chi connectivity index (χ1v) is 15.6. The van der Waals surface area contributed by atoms with E-state index in [2.05, 4.69) is 25.8 Å². The van der Waals surface area contributed by atoms with Gasteiger partial charge in [-0.25, -0.2) is 4.98 Å². The summed E-state index contributed by atoms with van der Waals surface area (Å²) >= 11 is 1.51. The van der Waals surface area contributed by atoms with E-state index >= 15 is 0 Å². The Bertz CT molecular complexity index is 1530. The van der Waals surface area contributed by atoms with Crippen LogP contribution in [0.4, 0.5) is 0 Å². The van der Waals surface area contributed by atoms with Gasteiger partial charge in [-0.3, -0.25) is 14.4 Å². The molecule has 0 unspecified atom stereocenters. The van der Waals surface area contributed by atoms with Crippen molar-refractivity contribution in [3.63, 3.8) is 0 Å². The number of pyridine rings is 1. The number of methoxy groups -OCH3 is 1. The zero-order chi connectivity index (χ0) is 31.5. The van der Waals surface area contributed by atoms with E-state index in [1.807, 2.05) is 75.1 Å². The zero-order valence-corrected chi connectivity index (χ0v) is 27.4. The van der Waals surface area contributed by atoms with Crippen molar-refractivity contribution in [2.24, 2.45) is 0 Å². The van der Waals surface area contributed by atoms with Crippen molar-refractivity contribution in [1.29, 1.82) is 0 Å². The normalized spacial score (nSPS) is 15.3. The number of benzene rings is 1. The Hall–Kier alpha value is -3.78. The third-order valence-electron chi connectivity index (χ3n) is 7.91. The minimum Gasteiger partial charge on any atom is -0.481 e. The molecule has 7 nitrogen and oxygen atoms in total. The molecular weight excluding hydrogens is 558 g/mol. The van der Waals surface area contributed by atoms with E-state index in [0.717, 1.165) is 38.4 Å². The van der Waals surface area contributed by atoms with E-state index in [4.69, 9.17) is 4.74 Å². The largest absolute Gasteiger partial charge is 0.481 e. The van der Waals surface area contributed by atoms with Gasteiger partial charge in [-0.1, -0.05) is 45.9 Å². The third kappa shape index (κ3) is 7.07. The Morgan fingerprint density at radius 2 is 1.86 bits per heavy atom. The number of carbonyl (C=O) groups excluding carboxylic acids is 3. The average Bonchev–Trinajstić information content (AvgIpc) is 3.39. The highest BCUT2D eigenvalue weighted by Gasteiger charge is 2.44. The second-order valence-corrected chi connectivity index (χ2v) is 13.8. The van der Waals surface area contributed by atoms with E-state index < -0.39 is 5.54 Å². The monoisotopic (exact) mass is 601 g/mol. The number of aromatic nitrogens is 1. The average molecular weight is 602 g/mol. The second-order valence-electron chi connectivity index (χ2n) is 12.6. The number of ketones is 1. The summed E-state index contributed by atoms with van der Waals surface area (Å²) in [5.41, 5.74) is 3.37. The lowest BCUT2D eigenvalue weighted by Gasteiger charge is -2.46. The van der Waals surface area contributed by atoms with Crippen molar-refractivity contribution in [2.45, 2.75) is 72.3 Å². The molecule has 3 aromatic rings. The molecule has 43 heavy (non-hydrogen) atoms. The minimum absolute atomic E-state index is 0.0383. The van der Waals surface area contributed by atoms with E-state index in [9.17, 15) is 14.4 Å². The van der Waals surface area contributed by atoms with Crippen LogP contribution in [-0.2, 0) is 21.4 Å². The topological polar surface area (TPSA) is 79.8 Å². The number of piperazine rings is 1. The van der Waals surface area contributed by atoms with Gasteiger partial charge in [0.15, 0.2) is 5.78 Å². The molecule has 0 saturated carbocycles. The van der Waals surface area contributed by atoms with Gasteiger partial charge in [0, 0.05) is 53.6 Å². The summed E-state index contributed by atoms with van der Waals surface area (Å²) in [6, 6.07) is 11.8. The van der Waals surface area contributed by atoms with Crippen LogP contribution in [0.15, 0.2) is 48.7 Å². The molecule has 228 valence electrons. The molecule has 3 heterocycles. The Morgan fingerprint density at radius 3 is 2.49 bits per heavy atom. The number of allylic oxidation sites excluding steroid dienone is 1. The molecule has 1 aromatic carbocycles. The molecular formula is C35H43N3O4S. The summed E-state index contributed by atoms with van der Waals surface area (Å²) < 4.78 is 5.18. The first-order chi connectivity index (χ1) is 20.3. The van der Waals surface area contributed by atoms with Crippen LogP contribution in [0, 0.1) is 6.92 Å². The number of rotatable bonds is 9. The molecule has 0 N–H and O–H groups in total. The molecule has 0 aliphatic carbocycles. The highest BCUT2D eigenvalue weighted by molar-refractivity contribution is 7.12. The van der Waals surface area contributed by atoms with Gasteiger partial charge >= 0.3 is 0 Å². The molecule has 2 amide bonds. The van der Waals surface area contributed by atoms with Crippen molar-refractivity contribution in [2.75, 3.05) is 26.7 Å². The number of amides is 2. The van der Waals surface area contributed by atoms with Gasteiger partial charge in [-0.2, -0.15) is 0 Å². The quantitative estimate of drug-likeness (QED) is 0.254. The fourth-order valence-electron chi connectivity index (χ4n) is 5.32. The fourth-order valence-corrected chi connectivity index (χ4v) is 6.54. The van der Waals surface area contributed by atoms with Crippen LogP contribution in [-0.4, -0.2) is 64.7 Å². The van der Waals surface area contributed by atoms with Gasteiger partial charge in [-0.05, 0) is 73.6 Å². The van der Waals surface area contributed by atoms with Crippen molar-refractivity contribution < 1.29 is 19.1 Å². The number of ether oxygens (including phenoxy) is 1. The van der Waals surface area contributed by atoms with Crippen LogP contribution < -0.4 is 4.74 Å². The maximum atomic E-state index is 14.0. The minimum atomic E-state index is -0.960. The number of carbonyl (C=O) groups is 3. The number of aryl methyl sites for hydroxylation is 1. The van der Waals surface area contributed by atoms with Crippen LogP contribution >= 0.6 is 11.3 Å². The Balaban J connectivity index is 1.58. The zero-order valence-electron chi connectivity index (χ0n) is 26.6. The Morgan fingerprint density at radius 1 is 1.12 bits per heavy atom. The summed E-state index contributed by atoms with van der Waals surface area (Å²) in [6.07, 6.45) is 6.17. The lowest BCUT2D eigenvalue weighted by atomic mass is 9.92. The lowest BCUT2D eigenvalue weighted by molar-refractivity contribution is -0.146. The molecule has 2 aromatic heterocycles. The van der Waals surface area contributed by atoms with Crippen LogP contribution in [0.3, 0.4) is 0 Å². The van der Waals surface area contributed by atoms with Crippen LogP contribution in [0.1, 0.15) is 79.2 Å². The van der Waals surface area contributed by atoms with Crippen molar-refractivity contribution in [3.8, 4) is 17.0 Å². The fraction of sp³-hybridized carbons (Fsp3) is 0.429. The molecule has 0 spiro atoms. The van der Waals surface area contributed by atoms with Gasteiger partial charge in [0.25, 0.3) is 5.91 Å². The number of thiophene rings is 1. The predicted octanol–water partition coefficient (Wildman–Crippen LogP) is 6.72. The molecule has 1 aliphatic heterocycles. The van der Waals surface area contributed by atoms with Crippen molar-refractivity contribution >= 4 is 35.0 Å². The van der Waals surface area contributed by atoms with Crippen LogP contribution in [0.2, 0.25) is 0 Å². The van der Waals surface area contributed by atoms with E-state index in [-0.39, 0.29) is 29.4 Å². The van der Waals surface area contributed by atoms with Crippen molar-refractivity contribution in [1.82, 2.24) is 14.8 Å². The van der Waals surface area contributed by atoms with Crippen LogP contribution in [0.5, 0.6) is 5.88 Å². The molecule has 1 saturated heterocycles. The molecule has 4 rings (SSSR count). The second kappa shape index (κ2) is 12.8. The first-order valence-electron chi connectivity index (χ1n) is 14.8. The number of nitrogens with zero attached hydrogens (tertiary/aromatic N) is 3. The molecule has 1 fully saturated rings. The molecule has 0 bridgehead atoms. The van der Waals surface area contributed by atoms with E-state index in [1.54, 1.807) is 24.3 Å². The van der Waals surface area contributed by atoms with Gasteiger partial charge in [0.05, 0.1) is 12.7 Å². The maximum Gasteiger partial charge on any atom is 0.255 e. The number of hydrogen-bond acceptors (Lipinski definition) is 6. The Kier molecular flexibility index (Phi) is 9.60. The summed E-state index contributed by atoms with van der Waals surface area (Å²) in [5.74, 6) is 0.235. The van der Waals surface area contributed by atoms with Gasteiger partial charge < -0.3 is 14.5 Å². The summed E-state index contributed by atoms with van der Waals surface area (Å²) in [5, 5.41) is 0. The van der Waals surface area contributed by atoms with E-state index in [1.165, 1.54) is 11.3 Å². The lowest BCUT2D eigenvalue weighted by Crippen LogP contribution is -2.64. The smallest absolute Gasteiger partial charge is 0.255 e. The molecule has 8 heteroatoms. The standard InChI is InChI=1S/C35H43N3O4S/c1-9-16-37-17-18-38(35(6,7)33(37)41)32(40)28-21-30(34(3,4)5)43-29(28)20-26(39)14-12-24-11-10-23(2)27(19-24)25-13-15-31(42-8)36-22-25/h10-15,19,21-22H,9,16-18,20H2,1-8H3. The van der Waals surface area contributed by atoms with E-state index in [0.29, 0.717) is 31.1 Å². The predicted molar refractivity (Wildman–Crippen MR) is 174 cm³/mol. The highest BCUT2D eigenvalue weighted by atomic mass is 32.1. The summed E-state index contributed by atoms with van der Waals surface area (Å²) in [4.78, 5) is 50.2. The molecule has 0 atom stereocenters. The SMILES string of the molecule is CCCN1CCN(C(=O)c2cc(C(C)(C)C)sc2CC(=O)C=Cc2ccc(C)c(-c3ccc(OC)nc3)c2)C(C)(C)C1=O. The van der Waals surface area contributed by atoms with Gasteiger partial charge in [-0.15, -0.1) is 11.3 Å². The summed E-state index contributed by atoms with van der Waals surface area (Å²) in [6.45, 7) is 15.7. The number of hydrogen-bond donors (Lipinski definition) is 0. The summed E-state index contributed by atoms with van der Waals surface area (Å²) in [7, 11) is 1.59. The maximum absolute atomic E-state index is 14.0. The van der Waals surface area contributed by atoms with Crippen molar-refractivity contribution in [3.05, 3.63) is 75.1 Å².